The van der Waals surface area contributed by atoms with Crippen LogP contribution in [0.3, 0.4) is 0 Å². The molecule has 0 aliphatic rings. The smallest absolute Gasteiger partial charge is 0.249 e. The molecule has 0 radical (unpaired) electrons. The third-order valence-corrected chi connectivity index (χ3v) is 5.34. The highest BCUT2D eigenvalue weighted by atomic mass is 16.5. The number of aromatic nitrogens is 4. The molecule has 8 nitrogen and oxygen atoms in total. The summed E-state index contributed by atoms with van der Waals surface area (Å²) in [7, 11) is 4.69. The zero-order valence-electron chi connectivity index (χ0n) is 20.0. The van der Waals surface area contributed by atoms with Crippen LogP contribution < -0.4 is 18.9 Å². The summed E-state index contributed by atoms with van der Waals surface area (Å²) in [5.41, 5.74) is 3.55. The summed E-state index contributed by atoms with van der Waals surface area (Å²) in [4.78, 5) is 9.52. The quantitative estimate of drug-likeness (QED) is 0.377. The predicted molar refractivity (Wildman–Crippen MR) is 126 cm³/mol. The first-order valence-corrected chi connectivity index (χ1v) is 10.7. The van der Waals surface area contributed by atoms with Gasteiger partial charge in [-0.2, -0.15) is 4.98 Å². The fourth-order valence-corrected chi connectivity index (χ4v) is 3.65. The zero-order chi connectivity index (χ0) is 23.7. The molecule has 0 fully saturated rings. The maximum absolute atomic E-state index is 6.31. The molecular weight excluding hydrogens is 420 g/mol. The first-order valence-electron chi connectivity index (χ1n) is 10.7. The van der Waals surface area contributed by atoms with Gasteiger partial charge < -0.3 is 18.9 Å². The van der Waals surface area contributed by atoms with Gasteiger partial charge in [-0.25, -0.2) is 9.50 Å². The van der Waals surface area contributed by atoms with Crippen molar-refractivity contribution in [2.45, 2.75) is 33.6 Å². The average molecular weight is 449 g/mol. The Hall–Kier alpha value is -3.81. The predicted octanol–water partition coefficient (Wildman–Crippen LogP) is 5.35. The van der Waals surface area contributed by atoms with E-state index in [2.05, 4.69) is 13.8 Å². The molecule has 8 heteroatoms. The van der Waals surface area contributed by atoms with Crippen LogP contribution in [0.25, 0.3) is 16.9 Å². The molecule has 4 rings (SSSR count). The normalized spacial score (nSPS) is 11.2. The van der Waals surface area contributed by atoms with Gasteiger partial charge in [-0.05, 0) is 13.8 Å². The number of benzene rings is 2. The lowest BCUT2D eigenvalue weighted by Crippen LogP contribution is -2.06. The maximum atomic E-state index is 6.31. The van der Waals surface area contributed by atoms with Gasteiger partial charge in [0.25, 0.3) is 0 Å². The van der Waals surface area contributed by atoms with Crippen LogP contribution in [0.1, 0.15) is 36.8 Å². The van der Waals surface area contributed by atoms with Crippen LogP contribution in [0.4, 0.5) is 0 Å². The molecule has 0 bridgehead atoms. The molecule has 4 aromatic rings. The largest absolute Gasteiger partial charge is 0.493 e. The van der Waals surface area contributed by atoms with Gasteiger partial charge in [0.2, 0.25) is 11.6 Å². The van der Waals surface area contributed by atoms with Crippen LogP contribution in [0.5, 0.6) is 28.9 Å². The summed E-state index contributed by atoms with van der Waals surface area (Å²) in [6, 6.07) is 11.5. The van der Waals surface area contributed by atoms with Crippen LogP contribution in [-0.2, 0) is 0 Å². The van der Waals surface area contributed by atoms with E-state index < -0.39 is 0 Å². The molecule has 2 heterocycles. The highest BCUT2D eigenvalue weighted by Gasteiger charge is 2.22. The number of methoxy groups -OCH3 is 3. The first kappa shape index (κ1) is 22.4. The van der Waals surface area contributed by atoms with Crippen molar-refractivity contribution in [2.75, 3.05) is 21.3 Å². The van der Waals surface area contributed by atoms with Crippen LogP contribution in [-0.4, -0.2) is 40.9 Å². The van der Waals surface area contributed by atoms with Crippen LogP contribution >= 0.6 is 0 Å². The fraction of sp³-hybridized carbons (Fsp3) is 0.320. The molecule has 0 aliphatic heterocycles. The van der Waals surface area contributed by atoms with E-state index in [4.69, 9.17) is 34.0 Å². The molecule has 0 amide bonds. The van der Waals surface area contributed by atoms with E-state index in [1.165, 1.54) is 0 Å². The molecular formula is C25H28N4O4. The third kappa shape index (κ3) is 4.16. The second-order valence-electron chi connectivity index (χ2n) is 8.04. The number of hydrogen-bond donors (Lipinski definition) is 0. The summed E-state index contributed by atoms with van der Waals surface area (Å²) in [6.45, 7) is 8.14. The lowest BCUT2D eigenvalue weighted by atomic mass is 10.1. The Morgan fingerprint density at radius 3 is 2.03 bits per heavy atom. The summed E-state index contributed by atoms with van der Waals surface area (Å²) in [5, 5.41) is 4.81. The van der Waals surface area contributed by atoms with Crippen LogP contribution in [0.2, 0.25) is 0 Å². The fourth-order valence-electron chi connectivity index (χ4n) is 3.65. The number of aryl methyl sites for hydroxylation is 2. The lowest BCUT2D eigenvalue weighted by molar-refractivity contribution is 0.320. The number of hydrogen-bond acceptors (Lipinski definition) is 7. The minimum absolute atomic E-state index is 0.168. The van der Waals surface area contributed by atoms with Gasteiger partial charge in [-0.15, -0.1) is 5.10 Å². The SMILES string of the molecule is COc1cc(Oc2nc(-c3ccc(C)cc3)nn3c(C(C)C)nc(C)c23)cc(OC)c1OC. The van der Waals surface area contributed by atoms with Gasteiger partial charge in [0.15, 0.2) is 22.8 Å². The van der Waals surface area contributed by atoms with Crippen molar-refractivity contribution >= 4 is 5.52 Å². The minimum Gasteiger partial charge on any atom is -0.493 e. The highest BCUT2D eigenvalue weighted by Crippen LogP contribution is 2.42. The molecule has 0 saturated heterocycles. The highest BCUT2D eigenvalue weighted by molar-refractivity contribution is 5.66. The number of ether oxygens (including phenoxy) is 4. The lowest BCUT2D eigenvalue weighted by Gasteiger charge is -2.15. The molecule has 0 saturated carbocycles. The Kier molecular flexibility index (Phi) is 6.09. The van der Waals surface area contributed by atoms with Crippen molar-refractivity contribution in [3.63, 3.8) is 0 Å². The van der Waals surface area contributed by atoms with Gasteiger partial charge >= 0.3 is 0 Å². The van der Waals surface area contributed by atoms with E-state index in [-0.39, 0.29) is 5.92 Å². The van der Waals surface area contributed by atoms with Crippen molar-refractivity contribution in [3.05, 3.63) is 53.5 Å². The average Bonchev–Trinajstić information content (AvgIpc) is 3.15. The number of imidazole rings is 1. The Labute approximate surface area is 193 Å². The second kappa shape index (κ2) is 8.97. The van der Waals surface area contributed by atoms with E-state index in [9.17, 15) is 0 Å². The topological polar surface area (TPSA) is 80.0 Å². The van der Waals surface area contributed by atoms with E-state index in [0.717, 1.165) is 22.6 Å². The van der Waals surface area contributed by atoms with Crippen molar-refractivity contribution < 1.29 is 18.9 Å². The van der Waals surface area contributed by atoms with Gasteiger partial charge in [0, 0.05) is 23.6 Å². The monoisotopic (exact) mass is 448 g/mol. The van der Waals surface area contributed by atoms with Crippen molar-refractivity contribution in [1.29, 1.82) is 0 Å². The number of nitrogens with zero attached hydrogens (tertiary/aromatic N) is 4. The summed E-state index contributed by atoms with van der Waals surface area (Å²) < 4.78 is 24.5. The second-order valence-corrected chi connectivity index (χ2v) is 8.04. The van der Waals surface area contributed by atoms with E-state index >= 15 is 0 Å². The number of fused-ring (bicyclic) bond motifs is 1. The van der Waals surface area contributed by atoms with Crippen molar-refractivity contribution in [1.82, 2.24) is 19.6 Å². The van der Waals surface area contributed by atoms with Crippen molar-refractivity contribution in [2.24, 2.45) is 0 Å². The van der Waals surface area contributed by atoms with Gasteiger partial charge in [0.05, 0.1) is 27.0 Å². The van der Waals surface area contributed by atoms with Crippen LogP contribution in [0.15, 0.2) is 36.4 Å². The molecule has 0 N–H and O–H groups in total. The minimum atomic E-state index is 0.168. The summed E-state index contributed by atoms with van der Waals surface area (Å²) >= 11 is 0. The standard InChI is InChI=1S/C25H28N4O4/c1-14(2)24-26-16(4)21-25(27-23(28-29(21)24)17-10-8-15(3)9-11-17)33-18-12-19(30-5)22(32-7)20(13-18)31-6/h8-14H,1-7H3. The molecule has 0 unspecified atom stereocenters. The van der Waals surface area contributed by atoms with Gasteiger partial charge in [-0.1, -0.05) is 43.7 Å². The molecule has 0 atom stereocenters. The van der Waals surface area contributed by atoms with E-state index in [0.29, 0.717) is 40.2 Å². The molecule has 0 spiro atoms. The van der Waals surface area contributed by atoms with Gasteiger partial charge in [-0.3, -0.25) is 0 Å². The van der Waals surface area contributed by atoms with Crippen molar-refractivity contribution in [3.8, 4) is 40.3 Å². The Balaban J connectivity index is 1.92. The van der Waals surface area contributed by atoms with E-state index in [1.807, 2.05) is 42.6 Å². The molecule has 2 aromatic carbocycles. The molecule has 0 aliphatic carbocycles. The van der Waals surface area contributed by atoms with Gasteiger partial charge in [0.1, 0.15) is 11.6 Å². The maximum Gasteiger partial charge on any atom is 0.249 e. The first-order chi connectivity index (χ1) is 15.9. The Morgan fingerprint density at radius 1 is 0.848 bits per heavy atom. The molecule has 172 valence electrons. The number of rotatable bonds is 7. The Bertz CT molecular complexity index is 1270. The molecule has 2 aromatic heterocycles. The summed E-state index contributed by atoms with van der Waals surface area (Å²) in [6.07, 6.45) is 0. The van der Waals surface area contributed by atoms with E-state index in [1.54, 1.807) is 33.5 Å². The van der Waals surface area contributed by atoms with Crippen LogP contribution in [0, 0.1) is 13.8 Å². The third-order valence-electron chi connectivity index (χ3n) is 5.34. The summed E-state index contributed by atoms with van der Waals surface area (Å²) in [5.74, 6) is 3.91. The zero-order valence-corrected chi connectivity index (χ0v) is 20.0. The molecule has 33 heavy (non-hydrogen) atoms. The Morgan fingerprint density at radius 2 is 1.48 bits per heavy atom.